The first-order valence-electron chi connectivity index (χ1n) is 12.2. The topological polar surface area (TPSA) is 70.4 Å². The second-order valence-corrected chi connectivity index (χ2v) is 9.66. The highest BCUT2D eigenvalue weighted by atomic mass is 35.5. The molecule has 2 aromatic heterocycles. The number of para-hydroxylation sites is 1. The van der Waals surface area contributed by atoms with Crippen LogP contribution in [0.1, 0.15) is 42.4 Å². The number of nitrogens with one attached hydrogen (secondary N) is 2. The first-order chi connectivity index (χ1) is 18.0. The van der Waals surface area contributed by atoms with Crippen molar-refractivity contribution in [1.82, 2.24) is 15.2 Å². The van der Waals surface area contributed by atoms with Crippen LogP contribution in [0.2, 0.25) is 5.02 Å². The average Bonchev–Trinajstić information content (AvgIpc) is 3.53. The monoisotopic (exact) mass is 530 g/mol. The fraction of sp³-hybridized carbons (Fsp3) is 0.207. The predicted molar refractivity (Wildman–Crippen MR) is 150 cm³/mol. The molecule has 2 aromatic carbocycles. The van der Waals surface area contributed by atoms with Gasteiger partial charge in [-0.15, -0.1) is 0 Å². The molecule has 1 saturated heterocycles. The van der Waals surface area contributed by atoms with Gasteiger partial charge >= 0.3 is 0 Å². The van der Waals surface area contributed by atoms with Crippen LogP contribution < -0.4 is 10.6 Å². The van der Waals surface area contributed by atoms with Gasteiger partial charge in [-0.3, -0.25) is 9.78 Å². The first kappa shape index (κ1) is 25.0. The van der Waals surface area contributed by atoms with Gasteiger partial charge in [-0.25, -0.2) is 0 Å². The zero-order chi connectivity index (χ0) is 25.8. The van der Waals surface area contributed by atoms with E-state index in [0.29, 0.717) is 16.7 Å². The van der Waals surface area contributed by atoms with E-state index < -0.39 is 0 Å². The number of carbonyl (C=O) groups excluding carboxylic acids is 1. The zero-order valence-electron chi connectivity index (χ0n) is 20.4. The summed E-state index contributed by atoms with van der Waals surface area (Å²) >= 11 is 11.8. The molecule has 3 heterocycles. The molecule has 2 atom stereocenters. The lowest BCUT2D eigenvalue weighted by atomic mass is 10.0. The van der Waals surface area contributed by atoms with Gasteiger partial charge in [-0.05, 0) is 78.8 Å². The van der Waals surface area contributed by atoms with Gasteiger partial charge in [0.1, 0.15) is 17.6 Å². The van der Waals surface area contributed by atoms with Gasteiger partial charge in [-0.1, -0.05) is 42.8 Å². The Balaban J connectivity index is 1.39. The molecule has 0 radical (unpaired) electrons. The summed E-state index contributed by atoms with van der Waals surface area (Å²) < 4.78 is 6.34. The normalized spacial score (nSPS) is 17.0. The third kappa shape index (κ3) is 5.53. The second-order valence-electron chi connectivity index (χ2n) is 8.84. The summed E-state index contributed by atoms with van der Waals surface area (Å²) in [6.45, 7) is 2.50. The summed E-state index contributed by atoms with van der Waals surface area (Å²) in [6, 6.07) is 24.6. The molecule has 5 rings (SSSR count). The van der Waals surface area contributed by atoms with Crippen LogP contribution in [-0.2, 0) is 11.2 Å². The van der Waals surface area contributed by atoms with Crippen molar-refractivity contribution in [1.29, 1.82) is 0 Å². The lowest BCUT2D eigenvalue weighted by molar-refractivity contribution is -0.116. The number of anilines is 1. The van der Waals surface area contributed by atoms with Crippen LogP contribution in [0, 0.1) is 0 Å². The number of halogens is 1. The van der Waals surface area contributed by atoms with Crippen molar-refractivity contribution in [3.8, 4) is 11.3 Å². The van der Waals surface area contributed by atoms with Crippen LogP contribution in [0.15, 0.2) is 89.5 Å². The van der Waals surface area contributed by atoms with Gasteiger partial charge in [0.2, 0.25) is 5.91 Å². The van der Waals surface area contributed by atoms with Crippen molar-refractivity contribution in [2.24, 2.45) is 0 Å². The Morgan fingerprint density at radius 1 is 1.08 bits per heavy atom. The minimum absolute atomic E-state index is 0.0648. The number of rotatable bonds is 8. The molecule has 6 nitrogen and oxygen atoms in total. The number of hydrogen-bond acceptors (Lipinski definition) is 4. The smallest absolute Gasteiger partial charge is 0.226 e. The van der Waals surface area contributed by atoms with Crippen molar-refractivity contribution in [3.05, 3.63) is 107 Å². The molecule has 0 aliphatic carbocycles. The lowest BCUT2D eigenvalue weighted by Gasteiger charge is -2.26. The average molecular weight is 531 g/mol. The van der Waals surface area contributed by atoms with Crippen molar-refractivity contribution in [2.45, 2.75) is 31.8 Å². The second kappa shape index (κ2) is 11.2. The number of furan rings is 1. The molecule has 1 amide bonds. The maximum absolute atomic E-state index is 12.9. The van der Waals surface area contributed by atoms with E-state index in [-0.39, 0.29) is 24.4 Å². The predicted octanol–water partition coefficient (Wildman–Crippen LogP) is 6.56. The molecule has 1 fully saturated rings. The Kier molecular flexibility index (Phi) is 7.53. The highest BCUT2D eigenvalue weighted by molar-refractivity contribution is 7.80. The van der Waals surface area contributed by atoms with E-state index in [1.165, 1.54) is 0 Å². The number of carbonyl (C=O) groups is 1. The molecular weight excluding hydrogens is 504 g/mol. The molecule has 188 valence electrons. The van der Waals surface area contributed by atoms with E-state index in [9.17, 15) is 4.79 Å². The largest absolute Gasteiger partial charge is 0.459 e. The Bertz CT molecular complexity index is 1390. The van der Waals surface area contributed by atoms with Crippen LogP contribution in [0.25, 0.3) is 11.3 Å². The molecule has 2 N–H and O–H groups in total. The summed E-state index contributed by atoms with van der Waals surface area (Å²) in [7, 11) is 0. The van der Waals surface area contributed by atoms with Gasteiger partial charge in [0.25, 0.3) is 0 Å². The molecule has 0 saturated carbocycles. The van der Waals surface area contributed by atoms with Gasteiger partial charge < -0.3 is 20.0 Å². The molecule has 1 aliphatic heterocycles. The van der Waals surface area contributed by atoms with Crippen LogP contribution >= 0.6 is 23.8 Å². The third-order valence-electron chi connectivity index (χ3n) is 6.50. The Labute approximate surface area is 226 Å². The summed E-state index contributed by atoms with van der Waals surface area (Å²) in [4.78, 5) is 19.5. The summed E-state index contributed by atoms with van der Waals surface area (Å²) in [5.74, 6) is 1.41. The fourth-order valence-corrected chi connectivity index (χ4v) is 5.08. The number of pyridine rings is 1. The third-order valence-corrected chi connectivity index (χ3v) is 7.10. The van der Waals surface area contributed by atoms with Crippen molar-refractivity contribution in [3.63, 3.8) is 0 Å². The SMILES string of the molecule is CCc1ccccc1NC(=O)CCN1C(=S)N[C@H](c2ccccn2)[C@H]1c1ccc(-c2ccc(Cl)cc2)o1. The van der Waals surface area contributed by atoms with Crippen molar-refractivity contribution < 1.29 is 9.21 Å². The molecule has 1 aliphatic rings. The number of aryl methyl sites for hydroxylation is 1. The van der Waals surface area contributed by atoms with Crippen LogP contribution in [0.4, 0.5) is 5.69 Å². The van der Waals surface area contributed by atoms with Crippen LogP contribution in [-0.4, -0.2) is 27.4 Å². The van der Waals surface area contributed by atoms with E-state index >= 15 is 0 Å². The van der Waals surface area contributed by atoms with Gasteiger partial charge in [0, 0.05) is 35.4 Å². The number of aromatic nitrogens is 1. The Morgan fingerprint density at radius 2 is 1.86 bits per heavy atom. The van der Waals surface area contributed by atoms with Crippen molar-refractivity contribution in [2.75, 3.05) is 11.9 Å². The highest BCUT2D eigenvalue weighted by Gasteiger charge is 2.41. The number of thiocarbonyl (C=S) groups is 1. The lowest BCUT2D eigenvalue weighted by Crippen LogP contribution is -2.32. The summed E-state index contributed by atoms with van der Waals surface area (Å²) in [5, 5.41) is 7.69. The summed E-state index contributed by atoms with van der Waals surface area (Å²) in [6.07, 6.45) is 2.88. The molecule has 37 heavy (non-hydrogen) atoms. The fourth-order valence-electron chi connectivity index (χ4n) is 4.62. The number of benzene rings is 2. The maximum atomic E-state index is 12.9. The molecular formula is C29H27ClN4O2S. The number of nitrogens with zero attached hydrogens (tertiary/aromatic N) is 2. The number of amides is 1. The van der Waals surface area contributed by atoms with Crippen molar-refractivity contribution >= 4 is 40.5 Å². The Morgan fingerprint density at radius 3 is 2.62 bits per heavy atom. The zero-order valence-corrected chi connectivity index (χ0v) is 21.9. The first-order valence-corrected chi connectivity index (χ1v) is 13.0. The molecule has 0 unspecified atom stereocenters. The summed E-state index contributed by atoms with van der Waals surface area (Å²) in [5.41, 5.74) is 3.73. The molecule has 4 aromatic rings. The molecule has 0 bridgehead atoms. The standard InChI is InChI=1S/C29H27ClN4O2S/c1-2-19-7-3-4-8-22(19)32-26(35)16-18-34-28(27(33-29(34)37)23-9-5-6-17-31-23)25-15-14-24(36-25)20-10-12-21(30)13-11-20/h3-15,17,27-28H,2,16,18H2,1H3,(H,32,35)(H,33,37)/t27-,28-/m1/s1. The van der Waals surface area contributed by atoms with E-state index in [1.807, 2.05) is 83.8 Å². The maximum Gasteiger partial charge on any atom is 0.226 e. The minimum Gasteiger partial charge on any atom is -0.459 e. The van der Waals surface area contributed by atoms with Gasteiger partial charge in [-0.2, -0.15) is 0 Å². The minimum atomic E-state index is -0.265. The molecule has 8 heteroatoms. The van der Waals surface area contributed by atoms with E-state index in [0.717, 1.165) is 40.4 Å². The van der Waals surface area contributed by atoms with Gasteiger partial charge in [0.05, 0.1) is 11.7 Å². The van der Waals surface area contributed by atoms with Crippen LogP contribution in [0.5, 0.6) is 0 Å². The Hall–Kier alpha value is -3.68. The van der Waals surface area contributed by atoms with Gasteiger partial charge in [0.15, 0.2) is 5.11 Å². The van der Waals surface area contributed by atoms with E-state index in [4.69, 9.17) is 28.2 Å². The molecule has 0 spiro atoms. The van der Waals surface area contributed by atoms with Crippen LogP contribution in [0.3, 0.4) is 0 Å². The van der Waals surface area contributed by atoms with E-state index in [1.54, 1.807) is 6.20 Å². The number of hydrogen-bond donors (Lipinski definition) is 2. The quantitative estimate of drug-likeness (QED) is 0.251. The van der Waals surface area contributed by atoms with E-state index in [2.05, 4.69) is 22.5 Å². The highest BCUT2D eigenvalue weighted by Crippen LogP contribution is 2.40.